The Labute approximate surface area is 263 Å². The molecule has 11 heteroatoms. The molecule has 6 unspecified atom stereocenters. The molecule has 6 N–H and O–H groups in total. The molecule has 12 atom stereocenters. The van der Waals surface area contributed by atoms with E-state index >= 15 is 0 Å². The highest BCUT2D eigenvalue weighted by atomic mass is 31.2. The van der Waals surface area contributed by atoms with Gasteiger partial charge in [0.15, 0.2) is 0 Å². The minimum absolute atomic E-state index is 0.0145. The number of carboxylic acids is 1. The van der Waals surface area contributed by atoms with Gasteiger partial charge in [0.1, 0.15) is 6.79 Å². The Morgan fingerprint density at radius 1 is 1.02 bits per heavy atom. The van der Waals surface area contributed by atoms with Crippen LogP contribution in [0.15, 0.2) is 0 Å². The lowest BCUT2D eigenvalue weighted by atomic mass is 9.43. The topological polar surface area (TPSA) is 174 Å². The molecule has 4 aliphatic carbocycles. The van der Waals surface area contributed by atoms with Crippen LogP contribution in [0.5, 0.6) is 0 Å². The van der Waals surface area contributed by atoms with Gasteiger partial charge < -0.3 is 35.4 Å². The number of aliphatic hydroxyl groups is 3. The number of aliphatic hydroxyl groups excluding tert-OH is 3. The van der Waals surface area contributed by atoms with E-state index in [1.54, 1.807) is 0 Å². The third-order valence-corrected chi connectivity index (χ3v) is 14.9. The van der Waals surface area contributed by atoms with Crippen LogP contribution in [-0.4, -0.2) is 81.7 Å². The molecule has 0 aliphatic heterocycles. The molecule has 4 fully saturated rings. The highest BCUT2D eigenvalue weighted by Gasteiger charge is 2.63. The Kier molecular flexibility index (Phi) is 12.1. The van der Waals surface area contributed by atoms with Crippen LogP contribution in [0, 0.1) is 52.3 Å². The summed E-state index contributed by atoms with van der Waals surface area (Å²) in [5.41, 5.74) is 0.0754. The smallest absolute Gasteiger partial charge is 0.303 e. The van der Waals surface area contributed by atoms with Gasteiger partial charge >= 0.3 is 5.97 Å². The molecular weight excluding hydrogens is 585 g/mol. The van der Waals surface area contributed by atoms with E-state index in [1.165, 1.54) is 12.8 Å². The molecule has 0 bridgehead atoms. The lowest BCUT2D eigenvalue weighted by Crippen LogP contribution is -2.58. The first kappa shape index (κ1) is 35.8. The summed E-state index contributed by atoms with van der Waals surface area (Å²) in [4.78, 5) is 34.0. The normalized spacial score (nSPS) is 39.3. The molecule has 0 radical (unpaired) electrons. The van der Waals surface area contributed by atoms with Crippen LogP contribution in [0.2, 0.25) is 0 Å². The second-order valence-electron chi connectivity index (χ2n) is 15.3. The number of ether oxygens (including phenoxy) is 1. The zero-order valence-electron chi connectivity index (χ0n) is 27.0. The maximum Gasteiger partial charge on any atom is 0.303 e. The Hall–Kier alpha value is -1.03. The lowest BCUT2D eigenvalue weighted by molar-refractivity contribution is -0.174. The first-order valence-electron chi connectivity index (χ1n) is 17.0. The molecule has 0 aromatic heterocycles. The molecule has 0 aromatic rings. The maximum absolute atomic E-state index is 12.8. The lowest BCUT2D eigenvalue weighted by Gasteiger charge is -2.62. The maximum atomic E-state index is 12.8. The summed E-state index contributed by atoms with van der Waals surface area (Å²) in [5, 5.41) is 42.9. The van der Waals surface area contributed by atoms with Crippen molar-refractivity contribution in [2.75, 3.05) is 32.3 Å². The van der Waals surface area contributed by atoms with E-state index in [0.29, 0.717) is 42.1 Å². The fraction of sp³-hybridized carbons (Fsp3) is 0.939. The molecule has 0 aromatic carbocycles. The first-order valence-corrected chi connectivity index (χ1v) is 19.1. The molecule has 0 heterocycles. The van der Waals surface area contributed by atoms with E-state index in [2.05, 4.69) is 26.1 Å². The summed E-state index contributed by atoms with van der Waals surface area (Å²) in [6.07, 6.45) is 8.14. The van der Waals surface area contributed by atoms with Gasteiger partial charge in [-0.2, -0.15) is 0 Å². The van der Waals surface area contributed by atoms with Crippen molar-refractivity contribution in [2.45, 2.75) is 110 Å². The zero-order valence-corrected chi connectivity index (χ0v) is 27.9. The fourth-order valence-corrected chi connectivity index (χ4v) is 12.3. The minimum Gasteiger partial charge on any atom is -0.481 e. The van der Waals surface area contributed by atoms with E-state index in [-0.39, 0.29) is 67.1 Å². The Balaban J connectivity index is 1.26. The molecule has 0 saturated heterocycles. The quantitative estimate of drug-likeness (QED) is 0.113. The number of rotatable bonds is 15. The number of amides is 1. The average Bonchev–Trinajstić information content (AvgIpc) is 3.33. The van der Waals surface area contributed by atoms with E-state index in [0.717, 1.165) is 44.9 Å². The van der Waals surface area contributed by atoms with Gasteiger partial charge in [0.2, 0.25) is 13.3 Å². The van der Waals surface area contributed by atoms with E-state index in [9.17, 15) is 29.3 Å². The number of fused-ring (bicyclic) bond motifs is 5. The van der Waals surface area contributed by atoms with E-state index < -0.39 is 26.0 Å². The Morgan fingerprint density at radius 2 is 1.77 bits per heavy atom. The SMILES string of the molecule is C[C@H](CCNC(=O)CCP(=O)(O)CC(CCC(=O)O)COCO)C1CCC2C3CC[C@@H]4C[C@H](O)CC[C@]4(C)C3C[C@H](O)[C@@]21C. The molecule has 10 nitrogen and oxygen atoms in total. The van der Waals surface area contributed by atoms with Crippen molar-refractivity contribution in [1.82, 2.24) is 5.32 Å². The van der Waals surface area contributed by atoms with Crippen molar-refractivity contribution >= 4 is 19.2 Å². The summed E-state index contributed by atoms with van der Waals surface area (Å²) in [6, 6.07) is 0. The van der Waals surface area contributed by atoms with Crippen LogP contribution in [0.3, 0.4) is 0 Å². The molecule has 4 saturated carbocycles. The van der Waals surface area contributed by atoms with Crippen molar-refractivity contribution < 1.29 is 44.2 Å². The van der Waals surface area contributed by atoms with Gasteiger partial charge in [-0.1, -0.05) is 20.8 Å². The monoisotopic (exact) mass is 643 g/mol. The van der Waals surface area contributed by atoms with Crippen LogP contribution in [0.1, 0.15) is 97.8 Å². The summed E-state index contributed by atoms with van der Waals surface area (Å²) in [6.45, 7) is 6.90. The summed E-state index contributed by atoms with van der Waals surface area (Å²) < 4.78 is 17.7. The van der Waals surface area contributed by atoms with Crippen LogP contribution >= 0.6 is 7.37 Å². The van der Waals surface area contributed by atoms with Crippen LogP contribution in [0.25, 0.3) is 0 Å². The number of carbonyl (C=O) groups excluding carboxylic acids is 1. The van der Waals surface area contributed by atoms with Crippen LogP contribution < -0.4 is 5.32 Å². The van der Waals surface area contributed by atoms with Crippen molar-refractivity contribution in [3.63, 3.8) is 0 Å². The van der Waals surface area contributed by atoms with Crippen LogP contribution in [0.4, 0.5) is 0 Å². The first-order chi connectivity index (χ1) is 20.7. The van der Waals surface area contributed by atoms with Crippen LogP contribution in [-0.2, 0) is 18.9 Å². The van der Waals surface area contributed by atoms with E-state index in [4.69, 9.17) is 14.9 Å². The summed E-state index contributed by atoms with van der Waals surface area (Å²) in [5.74, 6) is 1.13. The fourth-order valence-electron chi connectivity index (χ4n) is 10.4. The van der Waals surface area contributed by atoms with Gasteiger partial charge in [0.05, 0.1) is 18.8 Å². The number of hydrogen-bond donors (Lipinski definition) is 6. The number of nitrogens with one attached hydrogen (secondary N) is 1. The van der Waals surface area contributed by atoms with Gasteiger partial charge in [0, 0.05) is 31.7 Å². The highest BCUT2D eigenvalue weighted by molar-refractivity contribution is 7.58. The standard InChI is InChI=1S/C33H58NO9P/c1-21(11-14-34-30(38)12-15-44(41,42)19-22(18-43-20-35)4-9-31(39)40)26-7-8-27-25-6-5-23-16-24(36)10-13-32(23,2)28(25)17-29(37)33(26,27)3/h21-29,35-37H,4-20H2,1-3H3,(H,34,38)(H,39,40)(H,41,42)/t21-,22?,23-,24-,25?,26?,27?,28?,29+,32+,33-/m1/s1. The number of hydrogen-bond acceptors (Lipinski definition) is 7. The molecule has 4 rings (SSSR count). The Morgan fingerprint density at radius 3 is 2.48 bits per heavy atom. The van der Waals surface area contributed by atoms with Gasteiger partial charge in [-0.25, -0.2) is 0 Å². The van der Waals surface area contributed by atoms with Gasteiger partial charge in [-0.05, 0) is 116 Å². The number of carboxylic acid groups (broad SMARTS) is 1. The average molecular weight is 644 g/mol. The summed E-state index contributed by atoms with van der Waals surface area (Å²) >= 11 is 0. The van der Waals surface area contributed by atoms with Crippen molar-refractivity contribution in [1.29, 1.82) is 0 Å². The molecule has 0 spiro atoms. The molecule has 254 valence electrons. The van der Waals surface area contributed by atoms with Gasteiger partial charge in [-0.3, -0.25) is 14.2 Å². The highest BCUT2D eigenvalue weighted by Crippen LogP contribution is 2.68. The second kappa shape index (κ2) is 14.8. The zero-order chi connectivity index (χ0) is 32.3. The van der Waals surface area contributed by atoms with Crippen molar-refractivity contribution in [3.8, 4) is 0 Å². The number of aliphatic carboxylic acids is 1. The predicted octanol–water partition coefficient (Wildman–Crippen LogP) is 4.23. The molecule has 4 aliphatic rings. The van der Waals surface area contributed by atoms with Gasteiger partial charge in [-0.15, -0.1) is 0 Å². The number of carbonyl (C=O) groups is 2. The molecular formula is C33H58NO9P. The molecule has 44 heavy (non-hydrogen) atoms. The second-order valence-corrected chi connectivity index (χ2v) is 17.8. The largest absolute Gasteiger partial charge is 0.481 e. The van der Waals surface area contributed by atoms with Gasteiger partial charge in [0.25, 0.3) is 0 Å². The predicted molar refractivity (Wildman–Crippen MR) is 167 cm³/mol. The minimum atomic E-state index is -3.69. The summed E-state index contributed by atoms with van der Waals surface area (Å²) in [7, 11) is -3.69. The van der Waals surface area contributed by atoms with Crippen molar-refractivity contribution in [3.05, 3.63) is 0 Å². The molecule has 1 amide bonds. The Bertz CT molecular complexity index is 1040. The third kappa shape index (κ3) is 7.91. The third-order valence-electron chi connectivity index (χ3n) is 12.9. The van der Waals surface area contributed by atoms with Crippen molar-refractivity contribution in [2.24, 2.45) is 52.3 Å². The van der Waals surface area contributed by atoms with E-state index in [1.807, 2.05) is 0 Å².